The van der Waals surface area contributed by atoms with Crippen molar-refractivity contribution in [2.45, 2.75) is 19.8 Å². The molecule has 2 nitrogen and oxygen atoms in total. The highest BCUT2D eigenvalue weighted by Gasteiger charge is 2.16. The highest BCUT2D eigenvalue weighted by molar-refractivity contribution is 6.25. The monoisotopic (exact) mass is 238 g/mol. The molecule has 0 spiro atoms. The number of rotatable bonds is 5. The van der Waals surface area contributed by atoms with Crippen LogP contribution in [0, 0.1) is 12.8 Å². The summed E-state index contributed by atoms with van der Waals surface area (Å²) in [6.07, 6.45) is 2.68. The van der Waals surface area contributed by atoms with Gasteiger partial charge in [-0.1, -0.05) is 47.5 Å². The van der Waals surface area contributed by atoms with Gasteiger partial charge in [0.05, 0.1) is 5.92 Å². The van der Waals surface area contributed by atoms with Crippen molar-refractivity contribution < 1.29 is 9.90 Å². The van der Waals surface area contributed by atoms with Crippen LogP contribution in [0.5, 0.6) is 0 Å². The van der Waals surface area contributed by atoms with Gasteiger partial charge in [-0.25, -0.2) is 0 Å². The second-order valence-corrected chi connectivity index (χ2v) is 4.07. The van der Waals surface area contributed by atoms with E-state index in [1.165, 1.54) is 11.1 Å². The Labute approximate surface area is 101 Å². The standard InChI is InChI=1S/C13H15ClO2/c1-10-4-6-11(7-5-10)9-12(13(15)16)3-2-8-14/h2,4-8,12H,3,9H2,1H3,(H,15,16)/b8-2+. The fourth-order valence-corrected chi connectivity index (χ4v) is 1.60. The summed E-state index contributed by atoms with van der Waals surface area (Å²) in [4.78, 5) is 11.0. The first kappa shape index (κ1) is 12.8. The molecule has 0 aliphatic rings. The summed E-state index contributed by atoms with van der Waals surface area (Å²) >= 11 is 5.40. The lowest BCUT2D eigenvalue weighted by atomic mass is 9.96. The van der Waals surface area contributed by atoms with E-state index in [1.54, 1.807) is 6.08 Å². The van der Waals surface area contributed by atoms with Crippen molar-refractivity contribution in [3.63, 3.8) is 0 Å². The maximum absolute atomic E-state index is 11.0. The van der Waals surface area contributed by atoms with Gasteiger partial charge in [0.25, 0.3) is 0 Å². The topological polar surface area (TPSA) is 37.3 Å². The summed E-state index contributed by atoms with van der Waals surface area (Å²) in [6, 6.07) is 7.92. The predicted octanol–water partition coefficient (Wildman–Crippen LogP) is 3.38. The Morgan fingerprint density at radius 3 is 2.56 bits per heavy atom. The van der Waals surface area contributed by atoms with Crippen molar-refractivity contribution in [2.75, 3.05) is 0 Å². The zero-order valence-electron chi connectivity index (χ0n) is 9.19. The molecule has 86 valence electrons. The van der Waals surface area contributed by atoms with Crippen LogP contribution in [-0.4, -0.2) is 11.1 Å². The first-order chi connectivity index (χ1) is 7.63. The molecule has 0 radical (unpaired) electrons. The van der Waals surface area contributed by atoms with E-state index in [4.69, 9.17) is 16.7 Å². The number of halogens is 1. The van der Waals surface area contributed by atoms with Crippen molar-refractivity contribution in [1.82, 2.24) is 0 Å². The Bertz CT molecular complexity index is 368. The molecule has 0 amide bonds. The molecule has 1 N–H and O–H groups in total. The van der Waals surface area contributed by atoms with Gasteiger partial charge in [-0.05, 0) is 25.3 Å². The van der Waals surface area contributed by atoms with Gasteiger partial charge < -0.3 is 5.11 Å². The van der Waals surface area contributed by atoms with E-state index < -0.39 is 11.9 Å². The Balaban J connectivity index is 2.67. The third-order valence-corrected chi connectivity index (χ3v) is 2.64. The predicted molar refractivity (Wildman–Crippen MR) is 65.6 cm³/mol. The van der Waals surface area contributed by atoms with Crippen LogP contribution < -0.4 is 0 Å². The Morgan fingerprint density at radius 1 is 1.44 bits per heavy atom. The van der Waals surface area contributed by atoms with E-state index in [9.17, 15) is 4.79 Å². The van der Waals surface area contributed by atoms with Gasteiger partial charge in [0.1, 0.15) is 0 Å². The molecule has 1 rings (SSSR count). The number of allylic oxidation sites excluding steroid dienone is 1. The van der Waals surface area contributed by atoms with Crippen molar-refractivity contribution >= 4 is 17.6 Å². The van der Waals surface area contributed by atoms with E-state index in [0.717, 1.165) is 5.56 Å². The average molecular weight is 239 g/mol. The maximum atomic E-state index is 11.0. The van der Waals surface area contributed by atoms with E-state index >= 15 is 0 Å². The SMILES string of the molecule is Cc1ccc(CC(C/C=C/Cl)C(=O)O)cc1. The van der Waals surface area contributed by atoms with Gasteiger partial charge in [-0.3, -0.25) is 4.79 Å². The number of carboxylic acids is 1. The third-order valence-electron chi connectivity index (χ3n) is 2.46. The van der Waals surface area contributed by atoms with Crippen LogP contribution in [0.25, 0.3) is 0 Å². The van der Waals surface area contributed by atoms with Crippen molar-refractivity contribution in [1.29, 1.82) is 0 Å². The molecule has 0 fully saturated rings. The zero-order valence-corrected chi connectivity index (χ0v) is 9.95. The molecule has 1 aromatic rings. The second-order valence-electron chi connectivity index (χ2n) is 3.82. The second kappa shape index (κ2) is 6.33. The molecule has 0 bridgehead atoms. The lowest BCUT2D eigenvalue weighted by molar-refractivity contribution is -0.141. The average Bonchev–Trinajstić information content (AvgIpc) is 2.26. The number of benzene rings is 1. The molecule has 0 aliphatic carbocycles. The summed E-state index contributed by atoms with van der Waals surface area (Å²) in [6.45, 7) is 2.01. The van der Waals surface area contributed by atoms with E-state index in [2.05, 4.69) is 0 Å². The van der Waals surface area contributed by atoms with Crippen molar-refractivity contribution in [3.8, 4) is 0 Å². The molecule has 1 unspecified atom stereocenters. The van der Waals surface area contributed by atoms with Gasteiger partial charge in [-0.2, -0.15) is 0 Å². The van der Waals surface area contributed by atoms with Crippen LogP contribution in [0.3, 0.4) is 0 Å². The number of hydrogen-bond acceptors (Lipinski definition) is 1. The molecule has 0 saturated carbocycles. The number of aliphatic carboxylic acids is 1. The molecule has 0 aliphatic heterocycles. The first-order valence-corrected chi connectivity index (χ1v) is 5.60. The molecule has 16 heavy (non-hydrogen) atoms. The van der Waals surface area contributed by atoms with Gasteiger partial charge in [0.2, 0.25) is 0 Å². The van der Waals surface area contributed by atoms with Gasteiger partial charge >= 0.3 is 5.97 Å². The smallest absolute Gasteiger partial charge is 0.307 e. The van der Waals surface area contributed by atoms with Crippen molar-refractivity contribution in [2.24, 2.45) is 5.92 Å². The van der Waals surface area contributed by atoms with E-state index in [0.29, 0.717) is 12.8 Å². The molecule has 0 aromatic heterocycles. The first-order valence-electron chi connectivity index (χ1n) is 5.17. The fourth-order valence-electron chi connectivity index (χ4n) is 1.50. The van der Waals surface area contributed by atoms with Crippen LogP contribution in [-0.2, 0) is 11.2 Å². The van der Waals surface area contributed by atoms with Gasteiger partial charge in [-0.15, -0.1) is 0 Å². The van der Waals surface area contributed by atoms with Crippen LogP contribution in [0.1, 0.15) is 17.5 Å². The lowest BCUT2D eigenvalue weighted by Crippen LogP contribution is -2.15. The Hall–Kier alpha value is -1.28. The van der Waals surface area contributed by atoms with Crippen LogP contribution in [0.4, 0.5) is 0 Å². The molecular formula is C13H15ClO2. The van der Waals surface area contributed by atoms with Gasteiger partial charge in [0, 0.05) is 5.54 Å². The molecule has 0 heterocycles. The minimum absolute atomic E-state index is 0.405. The third kappa shape index (κ3) is 4.07. The van der Waals surface area contributed by atoms with E-state index in [1.807, 2.05) is 31.2 Å². The van der Waals surface area contributed by atoms with Crippen molar-refractivity contribution in [3.05, 3.63) is 47.0 Å². The number of aryl methyl sites for hydroxylation is 1. The normalized spacial score (nSPS) is 12.9. The maximum Gasteiger partial charge on any atom is 0.307 e. The van der Waals surface area contributed by atoms with Crippen LogP contribution >= 0.6 is 11.6 Å². The highest BCUT2D eigenvalue weighted by atomic mass is 35.5. The minimum atomic E-state index is -0.782. The Kier molecular flexibility index (Phi) is 5.06. The minimum Gasteiger partial charge on any atom is -0.481 e. The summed E-state index contributed by atoms with van der Waals surface area (Å²) in [5.74, 6) is -1.19. The van der Waals surface area contributed by atoms with E-state index in [-0.39, 0.29) is 0 Å². The fraction of sp³-hybridized carbons (Fsp3) is 0.308. The summed E-state index contributed by atoms with van der Waals surface area (Å²) < 4.78 is 0. The molecule has 1 atom stereocenters. The molecular weight excluding hydrogens is 224 g/mol. The largest absolute Gasteiger partial charge is 0.481 e. The molecule has 1 aromatic carbocycles. The number of carbonyl (C=O) groups is 1. The summed E-state index contributed by atoms with van der Waals surface area (Å²) in [7, 11) is 0. The highest BCUT2D eigenvalue weighted by Crippen LogP contribution is 2.14. The number of hydrogen-bond donors (Lipinski definition) is 1. The van der Waals surface area contributed by atoms with Crippen LogP contribution in [0.2, 0.25) is 0 Å². The molecule has 0 saturated heterocycles. The summed E-state index contributed by atoms with van der Waals surface area (Å²) in [5, 5.41) is 9.04. The zero-order chi connectivity index (χ0) is 12.0. The number of carboxylic acid groups (broad SMARTS) is 1. The molecule has 3 heteroatoms. The Morgan fingerprint density at radius 2 is 2.06 bits per heavy atom. The summed E-state index contributed by atoms with van der Waals surface area (Å²) in [5.41, 5.74) is 3.59. The lowest BCUT2D eigenvalue weighted by Gasteiger charge is -2.09. The van der Waals surface area contributed by atoms with Crippen LogP contribution in [0.15, 0.2) is 35.9 Å². The van der Waals surface area contributed by atoms with Gasteiger partial charge in [0.15, 0.2) is 0 Å². The quantitative estimate of drug-likeness (QED) is 0.854.